The van der Waals surface area contributed by atoms with Crippen LogP contribution < -0.4 is 0 Å². The second-order valence-electron chi connectivity index (χ2n) is 2.74. The maximum absolute atomic E-state index is 10.5. The average molecular weight is 151 g/mol. The van der Waals surface area contributed by atoms with E-state index in [4.69, 9.17) is 0 Å². The summed E-state index contributed by atoms with van der Waals surface area (Å²) in [6, 6.07) is 0. The van der Waals surface area contributed by atoms with E-state index in [1.165, 1.54) is 11.1 Å². The molecule has 0 N–H and O–H groups in total. The molecule has 0 aliphatic rings. The van der Waals surface area contributed by atoms with Gasteiger partial charge in [-0.2, -0.15) is 0 Å². The molecule has 0 spiro atoms. The summed E-state index contributed by atoms with van der Waals surface area (Å²) in [7, 11) is 0. The number of carbonyl (C=O) groups is 1. The Balaban J connectivity index is 3.24. The minimum Gasteiger partial charge on any atom is -0.294 e. The van der Waals surface area contributed by atoms with E-state index in [1.54, 1.807) is 4.57 Å². The van der Waals surface area contributed by atoms with Crippen LogP contribution in [0.5, 0.6) is 0 Å². The molecule has 0 radical (unpaired) electrons. The summed E-state index contributed by atoms with van der Waals surface area (Å²) in [6.07, 6.45) is 3.72. The van der Waals surface area contributed by atoms with Gasteiger partial charge in [-0.15, -0.1) is 0 Å². The zero-order valence-electron chi connectivity index (χ0n) is 7.22. The number of carbonyl (C=O) groups excluding carboxylic acids is 1. The highest BCUT2D eigenvalue weighted by Crippen LogP contribution is 2.14. The van der Waals surface area contributed by atoms with Gasteiger partial charge in [0.2, 0.25) is 6.41 Å². The Morgan fingerprint density at radius 2 is 2.18 bits per heavy atom. The van der Waals surface area contributed by atoms with E-state index in [2.05, 4.69) is 6.92 Å². The van der Waals surface area contributed by atoms with E-state index in [0.29, 0.717) is 0 Å². The maximum atomic E-state index is 10.5. The number of hydrogen-bond acceptors (Lipinski definition) is 1. The first-order valence-corrected chi connectivity index (χ1v) is 3.83. The van der Waals surface area contributed by atoms with Crippen LogP contribution in [-0.4, -0.2) is 11.0 Å². The van der Waals surface area contributed by atoms with Crippen LogP contribution in [0.2, 0.25) is 0 Å². The molecule has 2 heteroatoms. The summed E-state index contributed by atoms with van der Waals surface area (Å²) in [5.74, 6) is 0. The summed E-state index contributed by atoms with van der Waals surface area (Å²) in [5, 5.41) is 0. The maximum Gasteiger partial charge on any atom is 0.217 e. The summed E-state index contributed by atoms with van der Waals surface area (Å²) in [4.78, 5) is 10.5. The minimum absolute atomic E-state index is 0.849. The van der Waals surface area contributed by atoms with Crippen molar-refractivity contribution >= 4 is 6.41 Å². The van der Waals surface area contributed by atoms with Crippen LogP contribution in [0.25, 0.3) is 0 Å². The Morgan fingerprint density at radius 3 is 2.45 bits per heavy atom. The lowest BCUT2D eigenvalue weighted by atomic mass is 10.1. The smallest absolute Gasteiger partial charge is 0.217 e. The van der Waals surface area contributed by atoms with Crippen molar-refractivity contribution in [2.24, 2.45) is 0 Å². The Labute approximate surface area is 66.8 Å². The molecular weight excluding hydrogens is 138 g/mol. The van der Waals surface area contributed by atoms with Crippen molar-refractivity contribution < 1.29 is 4.79 Å². The summed E-state index contributed by atoms with van der Waals surface area (Å²) in [5.41, 5.74) is 3.56. The molecule has 0 atom stereocenters. The molecule has 1 heterocycles. The molecular formula is C9H13NO. The molecule has 0 bridgehead atoms. The number of nitrogens with zero attached hydrogens (tertiary/aromatic N) is 1. The molecule has 1 aromatic heterocycles. The third-order valence-electron chi connectivity index (χ3n) is 2.10. The highest BCUT2D eigenvalue weighted by Gasteiger charge is 2.05. The van der Waals surface area contributed by atoms with E-state index >= 15 is 0 Å². The summed E-state index contributed by atoms with van der Waals surface area (Å²) >= 11 is 0. The molecule has 0 amide bonds. The van der Waals surface area contributed by atoms with Gasteiger partial charge in [0.05, 0.1) is 0 Å². The topological polar surface area (TPSA) is 22.0 Å². The van der Waals surface area contributed by atoms with Crippen molar-refractivity contribution in [1.29, 1.82) is 0 Å². The highest BCUT2D eigenvalue weighted by atomic mass is 16.1. The number of aromatic nitrogens is 1. The zero-order chi connectivity index (χ0) is 8.43. The van der Waals surface area contributed by atoms with Crippen LogP contribution in [0.15, 0.2) is 6.20 Å². The van der Waals surface area contributed by atoms with Gasteiger partial charge in [-0.05, 0) is 31.4 Å². The van der Waals surface area contributed by atoms with Gasteiger partial charge in [0, 0.05) is 11.9 Å². The second kappa shape index (κ2) is 2.91. The normalized spacial score (nSPS) is 10.1. The molecule has 1 rings (SSSR count). The Hall–Kier alpha value is -1.05. The third kappa shape index (κ3) is 1.20. The quantitative estimate of drug-likeness (QED) is 0.590. The molecule has 0 saturated carbocycles. The van der Waals surface area contributed by atoms with Gasteiger partial charge in [-0.25, -0.2) is 0 Å². The number of hydrogen-bond donors (Lipinski definition) is 0. The fourth-order valence-corrected chi connectivity index (χ4v) is 1.47. The standard InChI is InChI=1S/C9H13NO/c1-4-9-7(2)5-10(6-11)8(9)3/h5-6H,4H2,1-3H3. The number of aryl methyl sites for hydroxylation is 1. The molecule has 0 fully saturated rings. The van der Waals surface area contributed by atoms with Crippen molar-refractivity contribution in [1.82, 2.24) is 4.57 Å². The molecule has 0 aliphatic heterocycles. The van der Waals surface area contributed by atoms with Crippen molar-refractivity contribution in [2.45, 2.75) is 27.2 Å². The monoisotopic (exact) mass is 151 g/mol. The van der Waals surface area contributed by atoms with E-state index in [1.807, 2.05) is 20.0 Å². The van der Waals surface area contributed by atoms with Gasteiger partial charge < -0.3 is 0 Å². The molecule has 11 heavy (non-hydrogen) atoms. The minimum atomic E-state index is 0.849. The van der Waals surface area contributed by atoms with Crippen LogP contribution in [0.1, 0.15) is 23.7 Å². The van der Waals surface area contributed by atoms with E-state index in [9.17, 15) is 4.79 Å². The first-order chi connectivity index (χ1) is 5.20. The first kappa shape index (κ1) is 8.05. The van der Waals surface area contributed by atoms with Crippen LogP contribution in [0.4, 0.5) is 0 Å². The molecule has 1 aromatic rings. The second-order valence-corrected chi connectivity index (χ2v) is 2.74. The predicted octanol–water partition coefficient (Wildman–Crippen LogP) is 1.71. The van der Waals surface area contributed by atoms with Crippen LogP contribution >= 0.6 is 0 Å². The van der Waals surface area contributed by atoms with Gasteiger partial charge in [0.25, 0.3) is 0 Å². The largest absolute Gasteiger partial charge is 0.294 e. The molecule has 60 valence electrons. The first-order valence-electron chi connectivity index (χ1n) is 3.83. The molecule has 0 aliphatic carbocycles. The Morgan fingerprint density at radius 1 is 1.55 bits per heavy atom. The van der Waals surface area contributed by atoms with Gasteiger partial charge in [0.1, 0.15) is 0 Å². The lowest BCUT2D eigenvalue weighted by Gasteiger charge is -1.96. The van der Waals surface area contributed by atoms with Gasteiger partial charge in [-0.3, -0.25) is 9.36 Å². The molecule has 0 unspecified atom stereocenters. The zero-order valence-corrected chi connectivity index (χ0v) is 7.22. The van der Waals surface area contributed by atoms with Crippen LogP contribution in [0, 0.1) is 13.8 Å². The average Bonchev–Trinajstić information content (AvgIpc) is 2.26. The predicted molar refractivity (Wildman–Crippen MR) is 45.4 cm³/mol. The summed E-state index contributed by atoms with van der Waals surface area (Å²) < 4.78 is 1.63. The van der Waals surface area contributed by atoms with E-state index < -0.39 is 0 Å². The number of rotatable bonds is 2. The van der Waals surface area contributed by atoms with Crippen molar-refractivity contribution in [3.63, 3.8) is 0 Å². The van der Waals surface area contributed by atoms with Crippen molar-refractivity contribution in [2.75, 3.05) is 0 Å². The molecule has 2 nitrogen and oxygen atoms in total. The van der Waals surface area contributed by atoms with E-state index in [-0.39, 0.29) is 0 Å². The molecule has 0 aromatic carbocycles. The fourth-order valence-electron chi connectivity index (χ4n) is 1.47. The van der Waals surface area contributed by atoms with Gasteiger partial charge >= 0.3 is 0 Å². The summed E-state index contributed by atoms with van der Waals surface area (Å²) in [6.45, 7) is 6.11. The Kier molecular flexibility index (Phi) is 2.13. The van der Waals surface area contributed by atoms with Crippen molar-refractivity contribution in [3.05, 3.63) is 23.0 Å². The highest BCUT2D eigenvalue weighted by molar-refractivity contribution is 5.56. The molecule has 0 saturated heterocycles. The van der Waals surface area contributed by atoms with Crippen molar-refractivity contribution in [3.8, 4) is 0 Å². The van der Waals surface area contributed by atoms with E-state index in [0.717, 1.165) is 18.5 Å². The fraction of sp³-hybridized carbons (Fsp3) is 0.444. The van der Waals surface area contributed by atoms with Crippen LogP contribution in [-0.2, 0) is 11.2 Å². The lowest BCUT2D eigenvalue weighted by Crippen LogP contribution is -1.95. The lowest BCUT2D eigenvalue weighted by molar-refractivity contribution is 0.546. The SMILES string of the molecule is CCc1c(C)cn(C=O)c1C. The van der Waals surface area contributed by atoms with Gasteiger partial charge in [-0.1, -0.05) is 6.92 Å². The van der Waals surface area contributed by atoms with Gasteiger partial charge in [0.15, 0.2) is 0 Å². The Bertz CT molecular complexity index is 273. The van der Waals surface area contributed by atoms with Crippen LogP contribution in [0.3, 0.4) is 0 Å². The third-order valence-corrected chi connectivity index (χ3v) is 2.10.